The number of nitriles is 1. The number of nitrogens with zero attached hydrogens (tertiary/aromatic N) is 2. The van der Waals surface area contributed by atoms with Crippen molar-refractivity contribution in [1.29, 1.82) is 5.26 Å². The Morgan fingerprint density at radius 1 is 1.75 bits per heavy atom. The van der Waals surface area contributed by atoms with Crippen LogP contribution >= 0.6 is 0 Å². The summed E-state index contributed by atoms with van der Waals surface area (Å²) in [6.45, 7) is 5.08. The number of rotatable bonds is 5. The zero-order valence-electron chi connectivity index (χ0n) is 9.78. The molecule has 1 aliphatic rings. The Labute approximate surface area is 96.6 Å². The molecule has 0 aromatic carbocycles. The summed E-state index contributed by atoms with van der Waals surface area (Å²) in [5, 5.41) is 12.0. The standard InChI is InChI=1S/C11H20N4O/c1-2-14-10(6-12)8-15-5-3-4-9(7-15)11(13)16/h9-10,14H,2-5,7-8H2,1H3,(H2,13,16). The second-order valence-electron chi connectivity index (χ2n) is 4.24. The van der Waals surface area contributed by atoms with Gasteiger partial charge in [0.2, 0.25) is 5.91 Å². The van der Waals surface area contributed by atoms with Crippen molar-refractivity contribution in [1.82, 2.24) is 10.2 Å². The van der Waals surface area contributed by atoms with Crippen molar-refractivity contribution in [3.8, 4) is 6.07 Å². The van der Waals surface area contributed by atoms with E-state index in [0.29, 0.717) is 13.1 Å². The van der Waals surface area contributed by atoms with E-state index in [1.54, 1.807) is 0 Å². The van der Waals surface area contributed by atoms with Gasteiger partial charge >= 0.3 is 0 Å². The van der Waals surface area contributed by atoms with Crippen LogP contribution in [0.1, 0.15) is 19.8 Å². The average molecular weight is 224 g/mol. The lowest BCUT2D eigenvalue weighted by Crippen LogP contribution is -2.46. The van der Waals surface area contributed by atoms with Crippen LogP contribution in [0.4, 0.5) is 0 Å². The lowest BCUT2D eigenvalue weighted by atomic mass is 9.97. The molecule has 1 heterocycles. The van der Waals surface area contributed by atoms with Crippen LogP contribution < -0.4 is 11.1 Å². The molecule has 1 saturated heterocycles. The fraction of sp³-hybridized carbons (Fsp3) is 0.818. The molecule has 1 amide bonds. The summed E-state index contributed by atoms with van der Waals surface area (Å²) in [7, 11) is 0. The summed E-state index contributed by atoms with van der Waals surface area (Å²) in [5.41, 5.74) is 5.31. The van der Waals surface area contributed by atoms with Crippen molar-refractivity contribution in [3.05, 3.63) is 0 Å². The Kier molecular flexibility index (Phi) is 5.23. The first kappa shape index (κ1) is 12.9. The van der Waals surface area contributed by atoms with Gasteiger partial charge in [0.05, 0.1) is 12.0 Å². The molecule has 16 heavy (non-hydrogen) atoms. The van der Waals surface area contributed by atoms with Crippen molar-refractivity contribution >= 4 is 5.91 Å². The Morgan fingerprint density at radius 3 is 3.06 bits per heavy atom. The number of likely N-dealkylation sites (N-methyl/N-ethyl adjacent to an activating group) is 1. The molecule has 90 valence electrons. The predicted molar refractivity (Wildman–Crippen MR) is 61.4 cm³/mol. The van der Waals surface area contributed by atoms with E-state index >= 15 is 0 Å². The summed E-state index contributed by atoms with van der Waals surface area (Å²) in [4.78, 5) is 13.2. The third kappa shape index (κ3) is 3.80. The highest BCUT2D eigenvalue weighted by atomic mass is 16.1. The number of hydrogen-bond acceptors (Lipinski definition) is 4. The minimum absolute atomic E-state index is 0.0466. The number of piperidine rings is 1. The lowest BCUT2D eigenvalue weighted by Gasteiger charge is -2.32. The molecular formula is C11H20N4O. The number of nitrogens with one attached hydrogen (secondary N) is 1. The van der Waals surface area contributed by atoms with Crippen LogP contribution in [0.5, 0.6) is 0 Å². The summed E-state index contributed by atoms with van der Waals surface area (Å²) >= 11 is 0. The van der Waals surface area contributed by atoms with E-state index in [1.807, 2.05) is 6.92 Å². The van der Waals surface area contributed by atoms with Gasteiger partial charge in [-0.3, -0.25) is 9.69 Å². The van der Waals surface area contributed by atoms with E-state index in [9.17, 15) is 4.79 Å². The molecule has 5 heteroatoms. The average Bonchev–Trinajstić information content (AvgIpc) is 2.29. The third-order valence-corrected chi connectivity index (χ3v) is 2.96. The molecule has 0 bridgehead atoms. The molecule has 1 fully saturated rings. The number of likely N-dealkylation sites (tertiary alicyclic amines) is 1. The third-order valence-electron chi connectivity index (χ3n) is 2.96. The molecule has 2 atom stereocenters. The van der Waals surface area contributed by atoms with Gasteiger partial charge in [-0.25, -0.2) is 0 Å². The van der Waals surface area contributed by atoms with Crippen molar-refractivity contribution < 1.29 is 4.79 Å². The smallest absolute Gasteiger partial charge is 0.221 e. The second-order valence-corrected chi connectivity index (χ2v) is 4.24. The maximum Gasteiger partial charge on any atom is 0.221 e. The molecule has 0 aromatic heterocycles. The van der Waals surface area contributed by atoms with E-state index < -0.39 is 0 Å². The van der Waals surface area contributed by atoms with Gasteiger partial charge in [-0.2, -0.15) is 5.26 Å². The number of primary amides is 1. The fourth-order valence-electron chi connectivity index (χ4n) is 2.11. The maximum atomic E-state index is 11.1. The highest BCUT2D eigenvalue weighted by molar-refractivity contribution is 5.76. The van der Waals surface area contributed by atoms with E-state index in [2.05, 4.69) is 16.3 Å². The Bertz CT molecular complexity index is 274. The lowest BCUT2D eigenvalue weighted by molar-refractivity contribution is -0.123. The molecule has 3 N–H and O–H groups in total. The molecular weight excluding hydrogens is 204 g/mol. The highest BCUT2D eigenvalue weighted by Crippen LogP contribution is 2.15. The molecule has 5 nitrogen and oxygen atoms in total. The van der Waals surface area contributed by atoms with Gasteiger partial charge in [-0.15, -0.1) is 0 Å². The molecule has 1 aliphatic heterocycles. The van der Waals surface area contributed by atoms with Crippen LogP contribution in [0.2, 0.25) is 0 Å². The largest absolute Gasteiger partial charge is 0.369 e. The van der Waals surface area contributed by atoms with Crippen molar-refractivity contribution in [2.75, 3.05) is 26.2 Å². The number of carbonyl (C=O) groups is 1. The van der Waals surface area contributed by atoms with Crippen LogP contribution in [0.15, 0.2) is 0 Å². The SMILES string of the molecule is CCNC(C#N)CN1CCCC(C(N)=O)C1. The van der Waals surface area contributed by atoms with E-state index in [4.69, 9.17) is 11.0 Å². The zero-order chi connectivity index (χ0) is 12.0. The molecule has 0 spiro atoms. The molecule has 0 aliphatic carbocycles. The fourth-order valence-corrected chi connectivity index (χ4v) is 2.11. The van der Waals surface area contributed by atoms with E-state index in [1.165, 1.54) is 0 Å². The first-order chi connectivity index (χ1) is 7.67. The summed E-state index contributed by atoms with van der Waals surface area (Å²) < 4.78 is 0. The van der Waals surface area contributed by atoms with Gasteiger partial charge in [0, 0.05) is 13.1 Å². The Morgan fingerprint density at radius 2 is 2.50 bits per heavy atom. The number of carbonyl (C=O) groups excluding carboxylic acids is 1. The first-order valence-electron chi connectivity index (χ1n) is 5.82. The topological polar surface area (TPSA) is 82.2 Å². The van der Waals surface area contributed by atoms with Gasteiger partial charge in [0.25, 0.3) is 0 Å². The highest BCUT2D eigenvalue weighted by Gasteiger charge is 2.25. The van der Waals surface area contributed by atoms with Gasteiger partial charge in [-0.05, 0) is 25.9 Å². The summed E-state index contributed by atoms with van der Waals surface area (Å²) in [5.74, 6) is -0.267. The molecule has 0 saturated carbocycles. The van der Waals surface area contributed by atoms with Crippen molar-refractivity contribution in [2.24, 2.45) is 11.7 Å². The van der Waals surface area contributed by atoms with Crippen molar-refractivity contribution in [3.63, 3.8) is 0 Å². The van der Waals surface area contributed by atoms with Crippen LogP contribution in [0.25, 0.3) is 0 Å². The van der Waals surface area contributed by atoms with Crippen LogP contribution in [0.3, 0.4) is 0 Å². The van der Waals surface area contributed by atoms with E-state index in [0.717, 1.165) is 25.9 Å². The van der Waals surface area contributed by atoms with Gasteiger partial charge < -0.3 is 11.1 Å². The predicted octanol–water partition coefficient (Wildman–Crippen LogP) is -0.315. The monoisotopic (exact) mass is 224 g/mol. The maximum absolute atomic E-state index is 11.1. The van der Waals surface area contributed by atoms with Crippen LogP contribution in [-0.4, -0.2) is 43.0 Å². The van der Waals surface area contributed by atoms with Crippen LogP contribution in [0, 0.1) is 17.2 Å². The normalized spacial score (nSPS) is 23.6. The minimum atomic E-state index is -0.221. The van der Waals surface area contributed by atoms with Crippen molar-refractivity contribution in [2.45, 2.75) is 25.8 Å². The first-order valence-corrected chi connectivity index (χ1v) is 5.82. The Balaban J connectivity index is 2.42. The van der Waals surface area contributed by atoms with Gasteiger partial charge in [-0.1, -0.05) is 6.92 Å². The summed E-state index contributed by atoms with van der Waals surface area (Å²) in [6.07, 6.45) is 1.86. The molecule has 1 rings (SSSR count). The second kappa shape index (κ2) is 6.46. The number of nitrogens with two attached hydrogens (primary N) is 1. The molecule has 0 aromatic rings. The molecule has 0 radical (unpaired) electrons. The summed E-state index contributed by atoms with van der Waals surface area (Å²) in [6, 6.07) is 2.07. The zero-order valence-corrected chi connectivity index (χ0v) is 9.78. The van der Waals surface area contributed by atoms with Crippen LogP contribution in [-0.2, 0) is 4.79 Å². The quantitative estimate of drug-likeness (QED) is 0.671. The number of amides is 1. The number of hydrogen-bond donors (Lipinski definition) is 2. The molecule has 2 unspecified atom stereocenters. The van der Waals surface area contributed by atoms with Gasteiger partial charge in [0.15, 0.2) is 0 Å². The minimum Gasteiger partial charge on any atom is -0.369 e. The Hall–Kier alpha value is -1.12. The van der Waals surface area contributed by atoms with Gasteiger partial charge in [0.1, 0.15) is 6.04 Å². The van der Waals surface area contributed by atoms with E-state index in [-0.39, 0.29) is 17.9 Å².